The molecule has 1 N–H and O–H groups in total. The lowest BCUT2D eigenvalue weighted by molar-refractivity contribution is -0.136. The van der Waals surface area contributed by atoms with Gasteiger partial charge in [0.05, 0.1) is 17.1 Å². The number of aromatic nitrogens is 2. The van der Waals surface area contributed by atoms with E-state index >= 15 is 0 Å². The summed E-state index contributed by atoms with van der Waals surface area (Å²) in [6.07, 6.45) is 2.54. The fourth-order valence-electron chi connectivity index (χ4n) is 4.07. The molecule has 8 heteroatoms. The van der Waals surface area contributed by atoms with Gasteiger partial charge in [-0.05, 0) is 18.2 Å². The Morgan fingerprint density at radius 2 is 1.80 bits per heavy atom. The van der Waals surface area contributed by atoms with Gasteiger partial charge in [0.15, 0.2) is 5.72 Å². The summed E-state index contributed by atoms with van der Waals surface area (Å²) in [7, 11) is 0. The number of carbonyl (C=O) groups is 2. The smallest absolute Gasteiger partial charge is 0.275 e. The average Bonchev–Trinajstić information content (AvgIpc) is 2.76. The topological polar surface area (TPSA) is 93.5 Å². The maximum absolute atomic E-state index is 12.8. The number of amides is 2. The molecule has 8 nitrogen and oxygen atoms in total. The van der Waals surface area contributed by atoms with Crippen LogP contribution in [0.1, 0.15) is 23.2 Å². The van der Waals surface area contributed by atoms with Crippen LogP contribution in [-0.2, 0) is 11.3 Å². The van der Waals surface area contributed by atoms with E-state index in [1.165, 1.54) is 4.68 Å². The Bertz CT molecular complexity index is 1210. The molecular weight excluding hydrogens is 384 g/mol. The van der Waals surface area contributed by atoms with Crippen LogP contribution >= 0.6 is 0 Å². The minimum atomic E-state index is -0.805. The number of nitrogens with one attached hydrogen (secondary N) is 1. The molecule has 0 unspecified atom stereocenters. The molecule has 30 heavy (non-hydrogen) atoms. The fourth-order valence-corrected chi connectivity index (χ4v) is 4.07. The van der Waals surface area contributed by atoms with Crippen LogP contribution in [0.15, 0.2) is 59.5 Å². The highest BCUT2D eigenvalue weighted by Gasteiger charge is 2.43. The number of hydrogen-bond donors (Lipinski definition) is 1. The molecule has 2 aromatic carbocycles. The number of likely N-dealkylation sites (tertiary alicyclic amines) is 1. The Hall–Kier alpha value is -3.68. The molecule has 0 atom stereocenters. The van der Waals surface area contributed by atoms with Crippen LogP contribution in [0.25, 0.3) is 10.8 Å². The second kappa shape index (κ2) is 6.98. The number of rotatable bonds is 2. The summed E-state index contributed by atoms with van der Waals surface area (Å²) in [5, 5.41) is 8.38. The zero-order chi connectivity index (χ0) is 20.7. The fraction of sp³-hybridized carbons (Fsp3) is 0.273. The monoisotopic (exact) mass is 404 g/mol. The normalized spacial score (nSPS) is 17.3. The van der Waals surface area contributed by atoms with Crippen molar-refractivity contribution in [2.45, 2.75) is 25.1 Å². The number of piperidine rings is 1. The molecule has 152 valence electrons. The lowest BCUT2D eigenvalue weighted by Gasteiger charge is -2.44. The van der Waals surface area contributed by atoms with E-state index in [-0.39, 0.29) is 23.9 Å². The molecule has 1 aromatic heterocycles. The van der Waals surface area contributed by atoms with Crippen LogP contribution in [0.5, 0.6) is 5.75 Å². The minimum absolute atomic E-state index is 0.118. The summed E-state index contributed by atoms with van der Waals surface area (Å²) < 4.78 is 7.31. The molecule has 1 saturated heterocycles. The van der Waals surface area contributed by atoms with Gasteiger partial charge in [0.1, 0.15) is 12.3 Å². The largest absolute Gasteiger partial charge is 0.467 e. The van der Waals surface area contributed by atoms with E-state index in [0.29, 0.717) is 42.6 Å². The van der Waals surface area contributed by atoms with E-state index in [2.05, 4.69) is 10.4 Å². The Morgan fingerprint density at radius 1 is 1.07 bits per heavy atom. The molecule has 0 radical (unpaired) electrons. The summed E-state index contributed by atoms with van der Waals surface area (Å²) in [4.78, 5) is 39.5. The highest BCUT2D eigenvalue weighted by molar-refractivity contribution is 5.98. The number of fused-ring (bicyclic) bond motifs is 2. The number of carbonyl (C=O) groups excluding carboxylic acids is 2. The van der Waals surface area contributed by atoms with Crippen molar-refractivity contribution in [3.05, 3.63) is 70.6 Å². The van der Waals surface area contributed by atoms with Crippen molar-refractivity contribution in [3.8, 4) is 5.75 Å². The summed E-state index contributed by atoms with van der Waals surface area (Å²) in [6.45, 7) is 0.722. The molecule has 0 bridgehead atoms. The van der Waals surface area contributed by atoms with Gasteiger partial charge in [-0.3, -0.25) is 14.4 Å². The predicted molar refractivity (Wildman–Crippen MR) is 109 cm³/mol. The average molecular weight is 404 g/mol. The van der Waals surface area contributed by atoms with Crippen LogP contribution in [0.3, 0.4) is 0 Å². The van der Waals surface area contributed by atoms with Gasteiger partial charge in [0.25, 0.3) is 11.5 Å². The maximum atomic E-state index is 12.8. The second-order valence-electron chi connectivity index (χ2n) is 7.62. The van der Waals surface area contributed by atoms with Crippen LogP contribution in [-0.4, -0.2) is 45.3 Å². The first-order valence-corrected chi connectivity index (χ1v) is 9.88. The summed E-state index contributed by atoms with van der Waals surface area (Å²) in [5.41, 5.74) is -0.571. The lowest BCUT2D eigenvalue weighted by atomic mass is 9.97. The molecule has 2 aliphatic heterocycles. The van der Waals surface area contributed by atoms with Crippen LogP contribution in [0.4, 0.5) is 0 Å². The summed E-state index contributed by atoms with van der Waals surface area (Å²) in [5.74, 6) is 0.216. The maximum Gasteiger partial charge on any atom is 0.275 e. The predicted octanol–water partition coefficient (Wildman–Crippen LogP) is 1.54. The van der Waals surface area contributed by atoms with Crippen molar-refractivity contribution < 1.29 is 14.3 Å². The van der Waals surface area contributed by atoms with E-state index in [9.17, 15) is 14.4 Å². The Balaban J connectivity index is 1.28. The number of hydrogen-bond acceptors (Lipinski definition) is 5. The summed E-state index contributed by atoms with van der Waals surface area (Å²) >= 11 is 0. The lowest BCUT2D eigenvalue weighted by Crippen LogP contribution is -2.61. The van der Waals surface area contributed by atoms with Crippen molar-refractivity contribution in [2.24, 2.45) is 0 Å². The van der Waals surface area contributed by atoms with Crippen molar-refractivity contribution in [3.63, 3.8) is 0 Å². The second-order valence-corrected chi connectivity index (χ2v) is 7.62. The highest BCUT2D eigenvalue weighted by atomic mass is 16.5. The molecule has 0 aliphatic carbocycles. The van der Waals surface area contributed by atoms with Gasteiger partial charge in [-0.15, -0.1) is 0 Å². The highest BCUT2D eigenvalue weighted by Crippen LogP contribution is 2.33. The number of benzene rings is 2. The zero-order valence-corrected chi connectivity index (χ0v) is 16.2. The quantitative estimate of drug-likeness (QED) is 0.699. The minimum Gasteiger partial charge on any atom is -0.467 e. The van der Waals surface area contributed by atoms with Crippen LogP contribution in [0.2, 0.25) is 0 Å². The third kappa shape index (κ3) is 3.10. The first kappa shape index (κ1) is 18.4. The van der Waals surface area contributed by atoms with E-state index in [0.717, 1.165) is 5.39 Å². The third-order valence-electron chi connectivity index (χ3n) is 5.75. The van der Waals surface area contributed by atoms with Gasteiger partial charge in [0.2, 0.25) is 5.91 Å². The van der Waals surface area contributed by atoms with Crippen molar-refractivity contribution >= 4 is 22.6 Å². The van der Waals surface area contributed by atoms with Gasteiger partial charge in [-0.25, -0.2) is 4.68 Å². The third-order valence-corrected chi connectivity index (χ3v) is 5.75. The molecule has 2 amide bonds. The standard InChI is InChI=1S/C22H20N4O4/c27-19(14-26-21(29)16-6-2-1-5-15(16)13-23-26)25-11-9-22(10-12-25)24-20(28)17-7-3-4-8-18(17)30-22/h1-8,13H,9-12,14H2,(H,24,28). The molecule has 1 spiro atoms. The molecule has 1 fully saturated rings. The zero-order valence-electron chi connectivity index (χ0n) is 16.2. The van der Waals surface area contributed by atoms with Crippen LogP contribution < -0.4 is 15.6 Å². The molecule has 3 aromatic rings. The van der Waals surface area contributed by atoms with Crippen molar-refractivity contribution in [1.82, 2.24) is 20.0 Å². The molecule has 2 aliphatic rings. The van der Waals surface area contributed by atoms with E-state index in [4.69, 9.17) is 4.74 Å². The van der Waals surface area contributed by atoms with E-state index in [1.807, 2.05) is 18.2 Å². The molecule has 3 heterocycles. The first-order valence-electron chi connectivity index (χ1n) is 9.88. The Morgan fingerprint density at radius 3 is 2.63 bits per heavy atom. The number of nitrogens with zero attached hydrogens (tertiary/aromatic N) is 3. The molecule has 0 saturated carbocycles. The summed E-state index contributed by atoms with van der Waals surface area (Å²) in [6, 6.07) is 14.3. The van der Waals surface area contributed by atoms with Gasteiger partial charge in [0, 0.05) is 31.3 Å². The Kier molecular flexibility index (Phi) is 4.27. The van der Waals surface area contributed by atoms with Gasteiger partial charge in [-0.2, -0.15) is 5.10 Å². The van der Waals surface area contributed by atoms with E-state index in [1.54, 1.807) is 41.4 Å². The number of para-hydroxylation sites is 1. The van der Waals surface area contributed by atoms with E-state index < -0.39 is 5.72 Å². The SMILES string of the molecule is O=C1NC2(CCN(C(=O)Cn3ncc4ccccc4c3=O)CC2)Oc2ccccc21. The van der Waals surface area contributed by atoms with Gasteiger partial charge < -0.3 is 15.0 Å². The first-order chi connectivity index (χ1) is 14.5. The van der Waals surface area contributed by atoms with Crippen molar-refractivity contribution in [2.75, 3.05) is 13.1 Å². The van der Waals surface area contributed by atoms with Crippen LogP contribution in [0, 0.1) is 0 Å². The number of ether oxygens (including phenoxy) is 1. The van der Waals surface area contributed by atoms with Gasteiger partial charge in [-0.1, -0.05) is 30.3 Å². The van der Waals surface area contributed by atoms with Gasteiger partial charge >= 0.3 is 0 Å². The molecule has 5 rings (SSSR count). The molecular formula is C22H20N4O4. The van der Waals surface area contributed by atoms with Crippen molar-refractivity contribution in [1.29, 1.82) is 0 Å². The Labute approximate surface area is 172 Å².